The van der Waals surface area contributed by atoms with Crippen molar-refractivity contribution in [2.45, 2.75) is 26.8 Å². The summed E-state index contributed by atoms with van der Waals surface area (Å²) in [5.74, 6) is 0.345. The van der Waals surface area contributed by atoms with E-state index in [0.29, 0.717) is 22.9 Å². The molecule has 0 aliphatic heterocycles. The molecular weight excluding hydrogens is 268 g/mol. The molecule has 0 saturated carbocycles. The van der Waals surface area contributed by atoms with Crippen LogP contribution >= 0.6 is 0 Å². The van der Waals surface area contributed by atoms with Gasteiger partial charge in [0.1, 0.15) is 0 Å². The largest absolute Gasteiger partial charge is 0.347 e. The standard InChI is InChI=1S/C14H20N6O/c1-9(2)20-8-11(6-16-20)18-13(21)12-7-15-14(19(4)5)17-10(12)3/h6-9H,1-5H3,(H,18,21). The monoisotopic (exact) mass is 288 g/mol. The molecule has 0 aromatic carbocycles. The van der Waals surface area contributed by atoms with Gasteiger partial charge in [-0.05, 0) is 20.8 Å². The van der Waals surface area contributed by atoms with E-state index in [-0.39, 0.29) is 11.9 Å². The van der Waals surface area contributed by atoms with E-state index >= 15 is 0 Å². The van der Waals surface area contributed by atoms with Crippen LogP contribution in [0.5, 0.6) is 0 Å². The number of nitrogens with one attached hydrogen (secondary N) is 1. The van der Waals surface area contributed by atoms with Gasteiger partial charge < -0.3 is 10.2 Å². The first-order chi connectivity index (χ1) is 9.88. The molecule has 2 heterocycles. The van der Waals surface area contributed by atoms with Crippen molar-refractivity contribution < 1.29 is 4.79 Å². The number of carbonyl (C=O) groups excluding carboxylic acids is 1. The second kappa shape index (κ2) is 5.90. The van der Waals surface area contributed by atoms with Gasteiger partial charge >= 0.3 is 0 Å². The number of hydrogen-bond acceptors (Lipinski definition) is 5. The van der Waals surface area contributed by atoms with Gasteiger partial charge in [-0.25, -0.2) is 9.97 Å². The van der Waals surface area contributed by atoms with E-state index in [1.807, 2.05) is 27.9 Å². The van der Waals surface area contributed by atoms with Crippen LogP contribution in [0.2, 0.25) is 0 Å². The lowest BCUT2D eigenvalue weighted by Crippen LogP contribution is -2.18. The maximum Gasteiger partial charge on any atom is 0.259 e. The van der Waals surface area contributed by atoms with Crippen LogP contribution in [-0.4, -0.2) is 39.8 Å². The number of nitrogens with zero attached hydrogens (tertiary/aromatic N) is 5. The minimum Gasteiger partial charge on any atom is -0.347 e. The maximum atomic E-state index is 12.3. The van der Waals surface area contributed by atoms with E-state index in [4.69, 9.17) is 0 Å². The number of amides is 1. The molecule has 0 spiro atoms. The molecular formula is C14H20N6O. The molecule has 0 fully saturated rings. The molecule has 1 amide bonds. The predicted octanol–water partition coefficient (Wildman–Crippen LogP) is 1.88. The van der Waals surface area contributed by atoms with E-state index in [2.05, 4.69) is 20.4 Å². The number of aromatic nitrogens is 4. The molecule has 0 bridgehead atoms. The number of rotatable bonds is 4. The number of hydrogen-bond donors (Lipinski definition) is 1. The highest BCUT2D eigenvalue weighted by Crippen LogP contribution is 2.14. The predicted molar refractivity (Wildman–Crippen MR) is 81.7 cm³/mol. The highest BCUT2D eigenvalue weighted by Gasteiger charge is 2.13. The molecule has 2 rings (SSSR count). The highest BCUT2D eigenvalue weighted by atomic mass is 16.1. The van der Waals surface area contributed by atoms with Crippen LogP contribution in [0.3, 0.4) is 0 Å². The van der Waals surface area contributed by atoms with Crippen molar-refractivity contribution >= 4 is 17.5 Å². The Balaban J connectivity index is 2.16. The van der Waals surface area contributed by atoms with Crippen molar-refractivity contribution in [1.29, 1.82) is 0 Å². The second-order valence-electron chi connectivity index (χ2n) is 5.32. The Labute approximate surface area is 124 Å². The Morgan fingerprint density at radius 1 is 1.33 bits per heavy atom. The molecule has 7 nitrogen and oxygen atoms in total. The van der Waals surface area contributed by atoms with Gasteiger partial charge in [0.05, 0.1) is 23.1 Å². The summed E-state index contributed by atoms with van der Waals surface area (Å²) in [5.41, 5.74) is 1.75. The molecule has 0 atom stereocenters. The third kappa shape index (κ3) is 3.36. The third-order valence-corrected chi connectivity index (χ3v) is 3.00. The SMILES string of the molecule is Cc1nc(N(C)C)ncc1C(=O)Nc1cnn(C(C)C)c1. The fourth-order valence-electron chi connectivity index (χ4n) is 1.78. The van der Waals surface area contributed by atoms with Gasteiger partial charge in [-0.2, -0.15) is 5.10 Å². The first kappa shape index (κ1) is 15.0. The average Bonchev–Trinajstić information content (AvgIpc) is 2.87. The quantitative estimate of drug-likeness (QED) is 0.929. The molecule has 2 aromatic heterocycles. The van der Waals surface area contributed by atoms with Gasteiger partial charge in [-0.3, -0.25) is 9.48 Å². The van der Waals surface area contributed by atoms with Crippen LogP contribution in [0.15, 0.2) is 18.6 Å². The smallest absolute Gasteiger partial charge is 0.259 e. The molecule has 2 aromatic rings. The van der Waals surface area contributed by atoms with Crippen LogP contribution in [0.25, 0.3) is 0 Å². The summed E-state index contributed by atoms with van der Waals surface area (Å²) in [6.07, 6.45) is 4.97. The fraction of sp³-hybridized carbons (Fsp3) is 0.429. The zero-order chi connectivity index (χ0) is 15.6. The normalized spacial score (nSPS) is 10.8. The Morgan fingerprint density at radius 2 is 2.05 bits per heavy atom. The fourth-order valence-corrected chi connectivity index (χ4v) is 1.78. The van der Waals surface area contributed by atoms with Gasteiger partial charge in [-0.1, -0.05) is 0 Å². The summed E-state index contributed by atoms with van der Waals surface area (Å²) >= 11 is 0. The lowest BCUT2D eigenvalue weighted by Gasteiger charge is -2.12. The average molecular weight is 288 g/mol. The second-order valence-corrected chi connectivity index (χ2v) is 5.32. The van der Waals surface area contributed by atoms with Crippen LogP contribution < -0.4 is 10.2 Å². The molecule has 7 heteroatoms. The third-order valence-electron chi connectivity index (χ3n) is 3.00. The number of carbonyl (C=O) groups is 1. The van der Waals surface area contributed by atoms with Gasteiger partial charge in [-0.15, -0.1) is 0 Å². The van der Waals surface area contributed by atoms with Crippen LogP contribution in [0, 0.1) is 6.92 Å². The Hall–Kier alpha value is -2.44. The van der Waals surface area contributed by atoms with Gasteiger partial charge in [0, 0.05) is 32.5 Å². The minimum atomic E-state index is -0.235. The molecule has 1 N–H and O–H groups in total. The van der Waals surface area contributed by atoms with Crippen molar-refractivity contribution in [2.24, 2.45) is 0 Å². The first-order valence-corrected chi connectivity index (χ1v) is 6.75. The number of anilines is 2. The first-order valence-electron chi connectivity index (χ1n) is 6.75. The van der Waals surface area contributed by atoms with Gasteiger partial charge in [0.15, 0.2) is 0 Å². The maximum absolute atomic E-state index is 12.3. The van der Waals surface area contributed by atoms with E-state index in [9.17, 15) is 4.79 Å². The molecule has 0 unspecified atom stereocenters. The summed E-state index contributed by atoms with van der Waals surface area (Å²) in [7, 11) is 3.71. The summed E-state index contributed by atoms with van der Waals surface area (Å²) in [4.78, 5) is 22.5. The minimum absolute atomic E-state index is 0.235. The Bertz CT molecular complexity index is 647. The Kier molecular flexibility index (Phi) is 4.21. The molecule has 0 radical (unpaired) electrons. The van der Waals surface area contributed by atoms with E-state index < -0.39 is 0 Å². The summed E-state index contributed by atoms with van der Waals surface area (Å²) in [6, 6.07) is 0.250. The van der Waals surface area contributed by atoms with E-state index in [1.54, 1.807) is 35.1 Å². The summed E-state index contributed by atoms with van der Waals surface area (Å²) in [6.45, 7) is 5.84. The Morgan fingerprint density at radius 3 is 2.57 bits per heavy atom. The topological polar surface area (TPSA) is 75.9 Å². The molecule has 21 heavy (non-hydrogen) atoms. The molecule has 0 aliphatic rings. The van der Waals surface area contributed by atoms with Crippen LogP contribution in [0.4, 0.5) is 11.6 Å². The van der Waals surface area contributed by atoms with Crippen LogP contribution in [-0.2, 0) is 0 Å². The summed E-state index contributed by atoms with van der Waals surface area (Å²) in [5, 5.41) is 6.99. The number of aryl methyl sites for hydroxylation is 1. The van der Waals surface area contributed by atoms with Crippen molar-refractivity contribution in [2.75, 3.05) is 24.3 Å². The van der Waals surface area contributed by atoms with Crippen molar-refractivity contribution in [3.8, 4) is 0 Å². The lowest BCUT2D eigenvalue weighted by molar-refractivity contribution is 0.102. The van der Waals surface area contributed by atoms with Crippen molar-refractivity contribution in [1.82, 2.24) is 19.7 Å². The van der Waals surface area contributed by atoms with Crippen molar-refractivity contribution in [3.05, 3.63) is 29.8 Å². The molecule has 0 aliphatic carbocycles. The zero-order valence-electron chi connectivity index (χ0n) is 13.0. The van der Waals surface area contributed by atoms with E-state index in [1.165, 1.54) is 0 Å². The lowest BCUT2D eigenvalue weighted by atomic mass is 10.2. The molecule has 0 saturated heterocycles. The molecule has 112 valence electrons. The highest BCUT2D eigenvalue weighted by molar-refractivity contribution is 6.04. The van der Waals surface area contributed by atoms with Crippen LogP contribution in [0.1, 0.15) is 35.9 Å². The van der Waals surface area contributed by atoms with E-state index in [0.717, 1.165) is 0 Å². The van der Waals surface area contributed by atoms with Gasteiger partial charge in [0.25, 0.3) is 5.91 Å². The summed E-state index contributed by atoms with van der Waals surface area (Å²) < 4.78 is 1.79. The zero-order valence-corrected chi connectivity index (χ0v) is 13.0. The van der Waals surface area contributed by atoms with Crippen molar-refractivity contribution in [3.63, 3.8) is 0 Å². The van der Waals surface area contributed by atoms with Gasteiger partial charge in [0.2, 0.25) is 5.95 Å².